The molecule has 1 aromatic rings. The molecule has 0 radical (unpaired) electrons. The zero-order valence-corrected chi connectivity index (χ0v) is 11.1. The summed E-state index contributed by atoms with van der Waals surface area (Å²) < 4.78 is 11.8. The van der Waals surface area contributed by atoms with Crippen molar-refractivity contribution in [1.82, 2.24) is 0 Å². The lowest BCUT2D eigenvalue weighted by molar-refractivity contribution is -0.137. The second-order valence-electron chi connectivity index (χ2n) is 3.35. The van der Waals surface area contributed by atoms with Gasteiger partial charge in [0.05, 0.1) is 10.9 Å². The van der Waals surface area contributed by atoms with E-state index >= 15 is 0 Å². The third-order valence-electron chi connectivity index (χ3n) is 1.86. The molecule has 0 aliphatic rings. The maximum atomic E-state index is 12.9. The Morgan fingerprint density at radius 2 is 2.12 bits per heavy atom. The first-order valence-corrected chi connectivity index (χ1v) is 5.88. The first-order chi connectivity index (χ1) is 7.30. The van der Waals surface area contributed by atoms with Crippen LogP contribution in [-0.4, -0.2) is 15.4 Å². The fourth-order valence-corrected chi connectivity index (χ4v) is 2.20. The number of benzene rings is 1. The molecule has 0 saturated carbocycles. The second-order valence-corrected chi connectivity index (χ2v) is 5.85. The molecule has 1 aromatic carbocycles. The molecule has 0 aliphatic heterocycles. The highest BCUT2D eigenvalue weighted by atomic mass is 79.9. The van der Waals surface area contributed by atoms with Crippen molar-refractivity contribution in [2.24, 2.45) is 0 Å². The summed E-state index contributed by atoms with van der Waals surface area (Å²) >= 11 is 14.7. The third kappa shape index (κ3) is 4.28. The van der Waals surface area contributed by atoms with Crippen LogP contribution >= 0.6 is 39.1 Å². The molecule has 0 spiro atoms. The summed E-state index contributed by atoms with van der Waals surface area (Å²) in [6.07, 6.45) is -0.230. The van der Waals surface area contributed by atoms with Gasteiger partial charge in [0, 0.05) is 6.42 Å². The summed E-state index contributed by atoms with van der Waals surface area (Å²) in [7, 11) is 0. The summed E-state index contributed by atoms with van der Waals surface area (Å²) in [5.41, 5.74) is 0.666. The van der Waals surface area contributed by atoms with Gasteiger partial charge in [0.2, 0.25) is 0 Å². The van der Waals surface area contributed by atoms with Gasteiger partial charge in [-0.1, -0.05) is 6.07 Å². The van der Waals surface area contributed by atoms with Gasteiger partial charge in [-0.15, -0.1) is 23.2 Å². The van der Waals surface area contributed by atoms with E-state index in [0.717, 1.165) is 0 Å². The number of alkyl halides is 2. The van der Waals surface area contributed by atoms with Crippen molar-refractivity contribution in [3.05, 3.63) is 34.1 Å². The fourth-order valence-electron chi connectivity index (χ4n) is 1.23. The van der Waals surface area contributed by atoms with Crippen LogP contribution in [0.3, 0.4) is 0 Å². The summed E-state index contributed by atoms with van der Waals surface area (Å²) in [4.78, 5) is 10.5. The molecule has 0 amide bonds. The molecule has 0 saturated heterocycles. The largest absolute Gasteiger partial charge is 0.481 e. The van der Waals surface area contributed by atoms with E-state index in [-0.39, 0.29) is 12.8 Å². The Labute approximate surface area is 110 Å². The van der Waals surface area contributed by atoms with E-state index in [1.807, 2.05) is 0 Å². The molecule has 0 fully saturated rings. The predicted octanol–water partition coefficient (Wildman–Crippen LogP) is 3.78. The number of hydrogen-bond acceptors (Lipinski definition) is 1. The van der Waals surface area contributed by atoms with Crippen molar-refractivity contribution < 1.29 is 14.3 Å². The van der Waals surface area contributed by atoms with Gasteiger partial charge in [-0.2, -0.15) is 0 Å². The lowest BCUT2D eigenvalue weighted by atomic mass is 10.1. The summed E-state index contributed by atoms with van der Waals surface area (Å²) in [5, 5.41) is 8.59. The Balaban J connectivity index is 2.79. The molecular formula is C10H8BrCl2FO2. The first-order valence-electron chi connectivity index (χ1n) is 4.34. The number of aliphatic carboxylic acids is 1. The van der Waals surface area contributed by atoms with Crippen molar-refractivity contribution >= 4 is 45.1 Å². The standard InChI is InChI=1S/C10H8BrCl2FO2/c11-7-3-6(1-2-8(7)14)4-10(12,13)5-9(15)16/h1-3H,4-5H2,(H,15,16). The van der Waals surface area contributed by atoms with Gasteiger partial charge in [-0.05, 0) is 33.6 Å². The Kier molecular flexibility index (Phi) is 4.59. The molecule has 0 aliphatic carbocycles. The minimum absolute atomic E-state index is 0.140. The molecule has 88 valence electrons. The number of carboxylic acids is 1. The van der Waals surface area contributed by atoms with Gasteiger partial charge in [-0.25, -0.2) is 4.39 Å². The monoisotopic (exact) mass is 328 g/mol. The maximum Gasteiger partial charge on any atom is 0.306 e. The number of halogens is 4. The lowest BCUT2D eigenvalue weighted by Crippen LogP contribution is -2.21. The van der Waals surface area contributed by atoms with E-state index in [9.17, 15) is 9.18 Å². The smallest absolute Gasteiger partial charge is 0.306 e. The Morgan fingerprint density at radius 3 is 2.62 bits per heavy atom. The second kappa shape index (κ2) is 5.34. The van der Waals surface area contributed by atoms with Crippen LogP contribution in [0, 0.1) is 5.82 Å². The van der Waals surface area contributed by atoms with Gasteiger partial charge in [0.1, 0.15) is 10.2 Å². The molecular weight excluding hydrogens is 322 g/mol. The number of carbonyl (C=O) groups is 1. The number of carboxylic acid groups (broad SMARTS) is 1. The van der Waals surface area contributed by atoms with Gasteiger partial charge >= 0.3 is 5.97 Å². The molecule has 0 atom stereocenters. The van der Waals surface area contributed by atoms with Crippen LogP contribution in [0.25, 0.3) is 0 Å². The van der Waals surface area contributed by atoms with E-state index < -0.39 is 16.1 Å². The first kappa shape index (κ1) is 13.7. The SMILES string of the molecule is O=C(O)CC(Cl)(Cl)Cc1ccc(F)c(Br)c1. The van der Waals surface area contributed by atoms with Gasteiger partial charge in [-0.3, -0.25) is 4.79 Å². The van der Waals surface area contributed by atoms with Crippen LogP contribution < -0.4 is 0 Å². The van der Waals surface area contributed by atoms with Crippen LogP contribution in [0.15, 0.2) is 22.7 Å². The van der Waals surface area contributed by atoms with Crippen LogP contribution in [-0.2, 0) is 11.2 Å². The van der Waals surface area contributed by atoms with E-state index in [1.54, 1.807) is 0 Å². The Hall–Kier alpha value is -0.320. The topological polar surface area (TPSA) is 37.3 Å². The van der Waals surface area contributed by atoms with Crippen molar-refractivity contribution in [2.45, 2.75) is 17.2 Å². The summed E-state index contributed by atoms with van der Waals surface area (Å²) in [5.74, 6) is -1.47. The zero-order chi connectivity index (χ0) is 12.3. The predicted molar refractivity (Wildman–Crippen MR) is 64.5 cm³/mol. The van der Waals surface area contributed by atoms with E-state index in [4.69, 9.17) is 28.3 Å². The average Bonchev–Trinajstić information content (AvgIpc) is 2.08. The number of rotatable bonds is 4. The maximum absolute atomic E-state index is 12.9. The molecule has 0 unspecified atom stereocenters. The molecule has 0 heterocycles. The lowest BCUT2D eigenvalue weighted by Gasteiger charge is -2.17. The Morgan fingerprint density at radius 1 is 1.50 bits per heavy atom. The highest BCUT2D eigenvalue weighted by molar-refractivity contribution is 9.10. The Bertz CT molecular complexity index is 410. The highest BCUT2D eigenvalue weighted by Crippen LogP contribution is 2.31. The van der Waals surface area contributed by atoms with Crippen molar-refractivity contribution in [2.75, 3.05) is 0 Å². The van der Waals surface area contributed by atoms with E-state index in [1.165, 1.54) is 18.2 Å². The van der Waals surface area contributed by atoms with Gasteiger partial charge in [0.25, 0.3) is 0 Å². The summed E-state index contributed by atoms with van der Waals surface area (Å²) in [6.45, 7) is 0. The molecule has 0 bridgehead atoms. The van der Waals surface area contributed by atoms with E-state index in [2.05, 4.69) is 15.9 Å². The molecule has 1 rings (SSSR count). The number of hydrogen-bond donors (Lipinski definition) is 1. The van der Waals surface area contributed by atoms with Crippen molar-refractivity contribution in [3.8, 4) is 0 Å². The average molecular weight is 330 g/mol. The fraction of sp³-hybridized carbons (Fsp3) is 0.300. The molecule has 2 nitrogen and oxygen atoms in total. The van der Waals surface area contributed by atoms with Crippen LogP contribution in [0.1, 0.15) is 12.0 Å². The van der Waals surface area contributed by atoms with Gasteiger partial charge < -0.3 is 5.11 Å². The molecule has 6 heteroatoms. The van der Waals surface area contributed by atoms with Crippen molar-refractivity contribution in [3.63, 3.8) is 0 Å². The molecule has 1 N–H and O–H groups in total. The van der Waals surface area contributed by atoms with Crippen LogP contribution in [0.4, 0.5) is 4.39 Å². The minimum Gasteiger partial charge on any atom is -0.481 e. The normalized spacial score (nSPS) is 11.5. The third-order valence-corrected chi connectivity index (χ3v) is 3.00. The quantitative estimate of drug-likeness (QED) is 0.853. The van der Waals surface area contributed by atoms with E-state index in [0.29, 0.717) is 10.0 Å². The molecule has 16 heavy (non-hydrogen) atoms. The minimum atomic E-state index is -1.39. The van der Waals surface area contributed by atoms with Crippen molar-refractivity contribution in [1.29, 1.82) is 0 Å². The zero-order valence-electron chi connectivity index (χ0n) is 8.01. The van der Waals surface area contributed by atoms with Crippen LogP contribution in [0.5, 0.6) is 0 Å². The van der Waals surface area contributed by atoms with Gasteiger partial charge in [0.15, 0.2) is 0 Å². The van der Waals surface area contributed by atoms with Crippen LogP contribution in [0.2, 0.25) is 0 Å². The highest BCUT2D eigenvalue weighted by Gasteiger charge is 2.28. The summed E-state index contributed by atoms with van der Waals surface area (Å²) in [6, 6.07) is 4.31. The molecule has 0 aromatic heterocycles.